The van der Waals surface area contributed by atoms with Crippen molar-refractivity contribution in [2.45, 2.75) is 39.8 Å². The molecule has 0 aliphatic carbocycles. The van der Waals surface area contributed by atoms with Gasteiger partial charge >= 0.3 is 17.9 Å². The fraction of sp³-hybridized carbons (Fsp3) is 0.300. The number of halogens is 1. The van der Waals surface area contributed by atoms with Crippen LogP contribution in [0.15, 0.2) is 34.9 Å². The Morgan fingerprint density at radius 1 is 1.27 bits per heavy atom. The van der Waals surface area contributed by atoms with E-state index in [2.05, 4.69) is 5.32 Å². The number of hydrogen-bond donors (Lipinski definition) is 3. The minimum atomic E-state index is -1.57. The molecule has 0 saturated heterocycles. The minimum Gasteiger partial charge on any atom is -0.477 e. The predicted octanol–water partition coefficient (Wildman–Crippen LogP) is 2.58. The van der Waals surface area contributed by atoms with E-state index in [-0.39, 0.29) is 23.1 Å². The van der Waals surface area contributed by atoms with Crippen molar-refractivity contribution in [3.05, 3.63) is 51.7 Å². The molecule has 0 aliphatic heterocycles. The van der Waals surface area contributed by atoms with Crippen LogP contribution in [-0.4, -0.2) is 38.8 Å². The number of nitrogens with zero attached hydrogens (tertiary/aromatic N) is 1. The first-order valence-corrected chi connectivity index (χ1v) is 9.12. The van der Waals surface area contributed by atoms with Crippen molar-refractivity contribution in [1.82, 2.24) is 4.57 Å². The number of esters is 1. The molecule has 0 saturated carbocycles. The number of pyridine rings is 1. The van der Waals surface area contributed by atoms with Gasteiger partial charge in [0, 0.05) is 18.9 Å². The third-order valence-corrected chi connectivity index (χ3v) is 4.45. The number of carboxylic acid groups (broad SMARTS) is 2. The SMILES string of the molecule is CCC(C)OC(=O)C(=CNc1ccc(F)c2c1c(=O)c(C(=O)O)cn2CC)C(=O)O. The molecule has 9 nitrogen and oxygen atoms in total. The lowest BCUT2D eigenvalue weighted by molar-refractivity contribution is -0.147. The van der Waals surface area contributed by atoms with E-state index in [1.165, 1.54) is 4.57 Å². The second kappa shape index (κ2) is 9.21. The van der Waals surface area contributed by atoms with Gasteiger partial charge in [-0.15, -0.1) is 0 Å². The molecule has 2 aromatic rings. The highest BCUT2D eigenvalue weighted by atomic mass is 19.1. The number of benzene rings is 1. The number of carbonyl (C=O) groups excluding carboxylic acids is 1. The van der Waals surface area contributed by atoms with Crippen molar-refractivity contribution in [3.63, 3.8) is 0 Å². The second-order valence-corrected chi connectivity index (χ2v) is 6.41. The lowest BCUT2D eigenvalue weighted by Crippen LogP contribution is -2.22. The van der Waals surface area contributed by atoms with Crippen LogP contribution in [0.4, 0.5) is 10.1 Å². The number of aliphatic carboxylic acids is 1. The zero-order valence-corrected chi connectivity index (χ0v) is 16.6. The van der Waals surface area contributed by atoms with Gasteiger partial charge in [0.2, 0.25) is 5.43 Å². The summed E-state index contributed by atoms with van der Waals surface area (Å²) in [4.78, 5) is 47.6. The van der Waals surface area contributed by atoms with Crippen LogP contribution >= 0.6 is 0 Å². The molecular weight excluding hydrogens is 399 g/mol. The Kier molecular flexibility index (Phi) is 6.93. The summed E-state index contributed by atoms with van der Waals surface area (Å²) < 4.78 is 20.7. The maximum Gasteiger partial charge on any atom is 0.347 e. The summed E-state index contributed by atoms with van der Waals surface area (Å²) >= 11 is 0. The number of carboxylic acids is 2. The van der Waals surface area contributed by atoms with E-state index in [0.717, 1.165) is 24.5 Å². The Labute approximate surface area is 170 Å². The number of aromatic carboxylic acids is 1. The predicted molar refractivity (Wildman–Crippen MR) is 106 cm³/mol. The van der Waals surface area contributed by atoms with E-state index in [1.807, 2.05) is 0 Å². The molecule has 1 heterocycles. The average Bonchev–Trinajstić information content (AvgIpc) is 2.69. The van der Waals surface area contributed by atoms with Gasteiger partial charge in [0.25, 0.3) is 0 Å². The Morgan fingerprint density at radius 2 is 1.93 bits per heavy atom. The van der Waals surface area contributed by atoms with Crippen molar-refractivity contribution < 1.29 is 33.7 Å². The van der Waals surface area contributed by atoms with Crippen molar-refractivity contribution in [1.29, 1.82) is 0 Å². The molecule has 0 amide bonds. The maximum absolute atomic E-state index is 14.4. The van der Waals surface area contributed by atoms with Gasteiger partial charge < -0.3 is 24.8 Å². The third kappa shape index (κ3) is 4.48. The number of rotatable bonds is 8. The van der Waals surface area contributed by atoms with E-state index >= 15 is 0 Å². The van der Waals surface area contributed by atoms with Gasteiger partial charge in [-0.3, -0.25) is 4.79 Å². The number of carbonyl (C=O) groups is 3. The third-order valence-electron chi connectivity index (χ3n) is 4.45. The van der Waals surface area contributed by atoms with Gasteiger partial charge in [-0.2, -0.15) is 0 Å². The Morgan fingerprint density at radius 3 is 2.47 bits per heavy atom. The lowest BCUT2D eigenvalue weighted by atomic mass is 10.1. The monoisotopic (exact) mass is 420 g/mol. The zero-order chi connectivity index (χ0) is 22.6. The van der Waals surface area contributed by atoms with Crippen LogP contribution in [0.5, 0.6) is 0 Å². The molecule has 0 aliphatic rings. The Balaban J connectivity index is 2.65. The molecule has 1 aromatic heterocycles. The first-order chi connectivity index (χ1) is 14.1. The maximum atomic E-state index is 14.4. The van der Waals surface area contributed by atoms with Crippen LogP contribution in [0.3, 0.4) is 0 Å². The molecule has 0 bridgehead atoms. The largest absolute Gasteiger partial charge is 0.477 e. The Hall–Kier alpha value is -3.69. The zero-order valence-electron chi connectivity index (χ0n) is 16.6. The summed E-state index contributed by atoms with van der Waals surface area (Å²) in [6.07, 6.45) is 1.83. The summed E-state index contributed by atoms with van der Waals surface area (Å²) in [7, 11) is 0. The first-order valence-electron chi connectivity index (χ1n) is 9.12. The standard InChI is InChI=1S/C20H21FN2O7/c1-4-10(3)30-20(29)11(18(25)26)8-22-14-7-6-13(21)16-15(14)17(24)12(19(27)28)9-23(16)5-2/h6-10,22H,4-5H2,1-3H3,(H,25,26)(H,27,28). The molecule has 0 radical (unpaired) electrons. The molecule has 1 aromatic carbocycles. The smallest absolute Gasteiger partial charge is 0.347 e. The average molecular weight is 420 g/mol. The second-order valence-electron chi connectivity index (χ2n) is 6.41. The summed E-state index contributed by atoms with van der Waals surface area (Å²) in [6.45, 7) is 5.17. The molecule has 1 atom stereocenters. The molecule has 0 fully saturated rings. The topological polar surface area (TPSA) is 135 Å². The molecule has 3 N–H and O–H groups in total. The highest BCUT2D eigenvalue weighted by Crippen LogP contribution is 2.25. The molecule has 0 spiro atoms. The Bertz CT molecular complexity index is 1100. The van der Waals surface area contributed by atoms with Crippen molar-refractivity contribution in [2.24, 2.45) is 0 Å². The molecule has 30 heavy (non-hydrogen) atoms. The van der Waals surface area contributed by atoms with E-state index in [0.29, 0.717) is 6.42 Å². The summed E-state index contributed by atoms with van der Waals surface area (Å²) in [5.74, 6) is -4.91. The molecular formula is C20H21FN2O7. The van der Waals surface area contributed by atoms with Crippen LogP contribution in [-0.2, 0) is 20.9 Å². The van der Waals surface area contributed by atoms with Crippen molar-refractivity contribution in [2.75, 3.05) is 5.32 Å². The number of ether oxygens (including phenoxy) is 1. The fourth-order valence-electron chi connectivity index (χ4n) is 2.70. The molecule has 160 valence electrons. The van der Waals surface area contributed by atoms with Gasteiger partial charge in [0.1, 0.15) is 11.4 Å². The van der Waals surface area contributed by atoms with Crippen molar-refractivity contribution in [3.8, 4) is 0 Å². The molecule has 1 unspecified atom stereocenters. The summed E-state index contributed by atoms with van der Waals surface area (Å²) in [6, 6.07) is 2.20. The van der Waals surface area contributed by atoms with Crippen LogP contribution in [0.1, 0.15) is 37.6 Å². The first kappa shape index (κ1) is 22.6. The van der Waals surface area contributed by atoms with Gasteiger partial charge in [-0.25, -0.2) is 18.8 Å². The minimum absolute atomic E-state index is 0.0585. The number of nitrogens with one attached hydrogen (secondary N) is 1. The van der Waals surface area contributed by atoms with Gasteiger partial charge in [0.15, 0.2) is 5.57 Å². The van der Waals surface area contributed by atoms with Gasteiger partial charge in [-0.05, 0) is 32.4 Å². The van der Waals surface area contributed by atoms with Crippen LogP contribution in [0, 0.1) is 5.82 Å². The number of anilines is 1. The van der Waals surface area contributed by atoms with E-state index in [9.17, 15) is 33.8 Å². The van der Waals surface area contributed by atoms with E-state index in [4.69, 9.17) is 4.74 Å². The highest BCUT2D eigenvalue weighted by molar-refractivity contribution is 6.13. The van der Waals surface area contributed by atoms with Gasteiger partial charge in [0.05, 0.1) is 22.7 Å². The van der Waals surface area contributed by atoms with Crippen LogP contribution in [0.2, 0.25) is 0 Å². The van der Waals surface area contributed by atoms with E-state index in [1.54, 1.807) is 20.8 Å². The number of aryl methyl sites for hydroxylation is 1. The van der Waals surface area contributed by atoms with Crippen LogP contribution < -0.4 is 10.7 Å². The number of hydrogen-bond acceptors (Lipinski definition) is 6. The summed E-state index contributed by atoms with van der Waals surface area (Å²) in [5, 5.41) is 20.8. The highest BCUT2D eigenvalue weighted by Gasteiger charge is 2.22. The van der Waals surface area contributed by atoms with Crippen LogP contribution in [0.25, 0.3) is 10.9 Å². The fourth-order valence-corrected chi connectivity index (χ4v) is 2.70. The summed E-state index contributed by atoms with van der Waals surface area (Å²) in [5.41, 5.74) is -2.46. The lowest BCUT2D eigenvalue weighted by Gasteiger charge is -2.14. The molecule has 2 rings (SSSR count). The van der Waals surface area contributed by atoms with Gasteiger partial charge in [-0.1, -0.05) is 6.92 Å². The molecule has 10 heteroatoms. The van der Waals surface area contributed by atoms with Crippen molar-refractivity contribution >= 4 is 34.5 Å². The number of fused-ring (bicyclic) bond motifs is 1. The van der Waals surface area contributed by atoms with E-state index < -0.39 is 46.4 Å². The number of aromatic nitrogens is 1. The quantitative estimate of drug-likeness (QED) is 0.257. The normalized spacial score (nSPS) is 12.5.